The van der Waals surface area contributed by atoms with Crippen LogP contribution in [-0.4, -0.2) is 145 Å². The largest absolute Gasteiger partial charge is 0.491 e. The summed E-state index contributed by atoms with van der Waals surface area (Å²) in [6.07, 6.45) is 0.355. The zero-order valence-corrected chi connectivity index (χ0v) is 55.1. The van der Waals surface area contributed by atoms with Crippen molar-refractivity contribution in [1.82, 2.24) is 0 Å². The zero-order chi connectivity index (χ0) is 59.2. The normalized spacial score (nSPS) is 18.2. The van der Waals surface area contributed by atoms with Gasteiger partial charge in [-0.1, -0.05) is 48.5 Å². The van der Waals surface area contributed by atoms with Gasteiger partial charge < -0.3 is 56.8 Å². The molecular weight excluding hydrogens is 1250 g/mol. The summed E-state index contributed by atoms with van der Waals surface area (Å²) in [6.45, 7) is 7.32. The maximum atomic E-state index is 6.55. The second-order valence-electron chi connectivity index (χ2n) is 20.8. The van der Waals surface area contributed by atoms with E-state index >= 15 is 0 Å². The van der Waals surface area contributed by atoms with Gasteiger partial charge in [0.2, 0.25) is 0 Å². The van der Waals surface area contributed by atoms with Gasteiger partial charge in [0, 0.05) is 77.6 Å². The van der Waals surface area contributed by atoms with Gasteiger partial charge in [0.15, 0.2) is 6.29 Å². The Balaban J connectivity index is 0.894. The molecule has 0 amide bonds. The molecule has 8 aromatic rings. The van der Waals surface area contributed by atoms with Gasteiger partial charge in [0.25, 0.3) is 0 Å². The van der Waals surface area contributed by atoms with Crippen LogP contribution in [0.4, 0.5) is 0 Å². The summed E-state index contributed by atoms with van der Waals surface area (Å²) < 4.78 is 73.9. The first-order valence-electron chi connectivity index (χ1n) is 29.1. The molecule has 4 aromatic carbocycles. The number of ether oxygens (including phenoxy) is 12. The first-order valence-corrected chi connectivity index (χ1v) is 36.8. The van der Waals surface area contributed by atoms with Gasteiger partial charge in [0.1, 0.15) is 86.0 Å². The Morgan fingerprint density at radius 2 is 0.759 bits per heavy atom. The second-order valence-corrected chi connectivity index (χ2v) is 28.3. The lowest BCUT2D eigenvalue weighted by Gasteiger charge is -2.30. The Labute approximate surface area is 543 Å². The van der Waals surface area contributed by atoms with Crippen LogP contribution in [0.1, 0.15) is 35.6 Å². The highest BCUT2D eigenvalue weighted by atomic mass is 32.2. The lowest BCUT2D eigenvalue weighted by Crippen LogP contribution is -2.37. The first-order chi connectivity index (χ1) is 42.9. The van der Waals surface area contributed by atoms with Crippen LogP contribution in [-0.2, 0) is 37.9 Å². The Bertz CT molecular complexity index is 3210. The van der Waals surface area contributed by atoms with Crippen molar-refractivity contribution in [2.75, 3.05) is 96.2 Å². The number of thioether (sulfide) groups is 4. The molecule has 87 heavy (non-hydrogen) atoms. The minimum Gasteiger partial charge on any atom is -0.491 e. The van der Waals surface area contributed by atoms with Crippen LogP contribution in [0.15, 0.2) is 184 Å². The molecule has 0 aliphatic carbocycles. The molecule has 3 saturated heterocycles. The highest BCUT2D eigenvalue weighted by Crippen LogP contribution is 2.40. The fourth-order valence-corrected chi connectivity index (χ4v) is 16.0. The number of hydrogen-bond acceptors (Lipinski definition) is 20. The van der Waals surface area contributed by atoms with E-state index in [9.17, 15) is 0 Å². The minimum absolute atomic E-state index is 0.0420. The smallest absolute Gasteiger partial charge is 0.160 e. The SMILES string of the molecule is COC(C)COC(COc1ccc(/C(=C(\c2ccc(OCC(CSc3ccsc3)OCC3CO3)cc2)c2ccc(OCC(CSc3ccsc3)OC3CCO3)cc2)c2ccc(OCC(CSc3ccsc3)OCC3CO3)cc2)cc1)CSc1ccsc1. The van der Waals surface area contributed by atoms with Gasteiger partial charge in [-0.3, -0.25) is 0 Å². The molecule has 7 heterocycles. The number of benzene rings is 4. The average Bonchev–Trinajstić information content (AvgIpc) is 2.39. The van der Waals surface area contributed by atoms with E-state index in [0.29, 0.717) is 52.9 Å². The molecule has 8 atom stereocenters. The molecule has 0 N–H and O–H groups in total. The molecule has 0 bridgehead atoms. The quantitative estimate of drug-likeness (QED) is 0.0206. The van der Waals surface area contributed by atoms with Gasteiger partial charge in [-0.25, -0.2) is 0 Å². The van der Waals surface area contributed by atoms with E-state index in [0.717, 1.165) is 99.0 Å². The maximum absolute atomic E-state index is 6.55. The van der Waals surface area contributed by atoms with Gasteiger partial charge in [0.05, 0.1) is 45.7 Å². The van der Waals surface area contributed by atoms with Crippen molar-refractivity contribution in [2.45, 2.75) is 81.9 Å². The number of methoxy groups -OCH3 is 1. The van der Waals surface area contributed by atoms with Crippen LogP contribution in [0.2, 0.25) is 0 Å². The number of epoxide rings is 2. The maximum Gasteiger partial charge on any atom is 0.160 e. The first kappa shape index (κ1) is 64.2. The number of rotatable bonds is 40. The summed E-state index contributed by atoms with van der Waals surface area (Å²) in [7, 11) is 1.71. The predicted molar refractivity (Wildman–Crippen MR) is 357 cm³/mol. The third kappa shape index (κ3) is 21.1. The van der Waals surface area contributed by atoms with Gasteiger partial charge in [-0.05, 0) is 135 Å². The molecule has 3 aliphatic heterocycles. The summed E-state index contributed by atoms with van der Waals surface area (Å²) in [5.41, 5.74) is 5.99. The van der Waals surface area contributed by atoms with E-state index in [1.54, 1.807) is 99.5 Å². The summed E-state index contributed by atoms with van der Waals surface area (Å²) in [5, 5.41) is 17.0. The Kier molecular flexibility index (Phi) is 25.3. The van der Waals surface area contributed by atoms with Crippen molar-refractivity contribution in [3.8, 4) is 23.0 Å². The zero-order valence-electron chi connectivity index (χ0n) is 48.6. The van der Waals surface area contributed by atoms with E-state index in [-0.39, 0.29) is 49.0 Å². The van der Waals surface area contributed by atoms with Crippen molar-refractivity contribution in [3.05, 3.63) is 187 Å². The van der Waals surface area contributed by atoms with Crippen LogP contribution in [0.3, 0.4) is 0 Å². The molecular formula is C67H72O12S8. The molecule has 3 fully saturated rings. The van der Waals surface area contributed by atoms with Gasteiger partial charge in [-0.15, -0.1) is 47.0 Å². The van der Waals surface area contributed by atoms with E-state index in [1.807, 2.05) is 6.92 Å². The topological polar surface area (TPSA) is 117 Å². The molecule has 0 saturated carbocycles. The standard InChI is InChI=1S/C67H72O12S8/c1-46(68-2)29-70-57(38-84-61-20-25-80-42-61)34-71-51-11-3-47(4-12-51)66(48-5-13-52(14-6-48)72-35-58(77-32-55-30-75-55)39-85-62-21-26-81-43-62)67(49-7-15-53(16-8-49)73-36-59(78-33-56-31-76-56)40-86-63-22-27-82-44-63)50-9-17-54(18-10-50)74-37-60(79-65-19-24-69-65)41-87-64-23-28-83-45-64/h3-18,20-23,25-28,42-46,55-60,65H,19,24,29-41H2,1-2H3/b67-66-. The predicted octanol–water partition coefficient (Wildman–Crippen LogP) is 15.7. The lowest BCUT2D eigenvalue weighted by molar-refractivity contribution is -0.235. The van der Waals surface area contributed by atoms with Crippen molar-refractivity contribution in [1.29, 1.82) is 0 Å². The van der Waals surface area contributed by atoms with E-state index in [1.165, 1.54) is 19.6 Å². The highest BCUT2D eigenvalue weighted by molar-refractivity contribution is 8.00. The molecule has 0 radical (unpaired) electrons. The minimum atomic E-state index is -0.207. The van der Waals surface area contributed by atoms with Crippen molar-refractivity contribution < 1.29 is 56.8 Å². The lowest BCUT2D eigenvalue weighted by atomic mass is 9.85. The summed E-state index contributed by atoms with van der Waals surface area (Å²) in [4.78, 5) is 4.89. The van der Waals surface area contributed by atoms with Crippen LogP contribution >= 0.6 is 92.4 Å². The van der Waals surface area contributed by atoms with Crippen LogP contribution in [0.5, 0.6) is 23.0 Å². The van der Waals surface area contributed by atoms with Crippen molar-refractivity contribution >= 4 is 104 Å². The summed E-state index contributed by atoms with van der Waals surface area (Å²) >= 11 is 13.9. The Morgan fingerprint density at radius 1 is 0.437 bits per heavy atom. The Hall–Kier alpha value is -4.30. The molecule has 0 spiro atoms. The third-order valence-electron chi connectivity index (χ3n) is 14.1. The Morgan fingerprint density at radius 3 is 1.05 bits per heavy atom. The van der Waals surface area contributed by atoms with Crippen LogP contribution < -0.4 is 18.9 Å². The van der Waals surface area contributed by atoms with Crippen LogP contribution in [0.25, 0.3) is 11.1 Å². The number of thiophene rings is 4. The van der Waals surface area contributed by atoms with Crippen molar-refractivity contribution in [3.63, 3.8) is 0 Å². The summed E-state index contributed by atoms with van der Waals surface area (Å²) in [5.74, 6) is 5.98. The molecule has 12 nitrogen and oxygen atoms in total. The molecule has 460 valence electrons. The monoisotopic (exact) mass is 1320 g/mol. The fraction of sp³-hybridized carbons (Fsp3) is 0.373. The van der Waals surface area contributed by atoms with E-state index in [2.05, 4.69) is 164 Å². The molecule has 4 aromatic heterocycles. The molecule has 20 heteroatoms. The van der Waals surface area contributed by atoms with E-state index < -0.39 is 0 Å². The molecule has 8 unspecified atom stereocenters. The van der Waals surface area contributed by atoms with Gasteiger partial charge >= 0.3 is 0 Å². The average molecular weight is 1330 g/mol. The number of hydrogen-bond donors (Lipinski definition) is 0. The fourth-order valence-electron chi connectivity index (χ4n) is 8.88. The second kappa shape index (κ2) is 34.2. The van der Waals surface area contributed by atoms with Crippen LogP contribution in [0, 0.1) is 0 Å². The van der Waals surface area contributed by atoms with Gasteiger partial charge in [-0.2, -0.15) is 45.3 Å². The summed E-state index contributed by atoms with van der Waals surface area (Å²) in [6, 6.07) is 42.1. The molecule has 3 aliphatic rings. The van der Waals surface area contributed by atoms with E-state index in [4.69, 9.17) is 56.8 Å². The highest BCUT2D eigenvalue weighted by Gasteiger charge is 2.28. The third-order valence-corrected chi connectivity index (χ3v) is 21.9. The molecule has 11 rings (SSSR count). The van der Waals surface area contributed by atoms with Crippen molar-refractivity contribution in [2.24, 2.45) is 0 Å².